The Morgan fingerprint density at radius 2 is 2.14 bits per heavy atom. The van der Waals surface area contributed by atoms with E-state index in [9.17, 15) is 0 Å². The van der Waals surface area contributed by atoms with Gasteiger partial charge in [-0.1, -0.05) is 25.1 Å². The molecular weight excluding hydrogens is 387 g/mol. The number of benzene rings is 1. The van der Waals surface area contributed by atoms with Gasteiger partial charge < -0.3 is 15.6 Å². The van der Waals surface area contributed by atoms with E-state index < -0.39 is 0 Å². The van der Waals surface area contributed by atoms with Crippen molar-refractivity contribution in [1.29, 1.82) is 0 Å². The minimum absolute atomic E-state index is 0. The average molecular weight is 412 g/mol. The van der Waals surface area contributed by atoms with Crippen molar-refractivity contribution in [2.75, 3.05) is 13.6 Å². The second-order valence-electron chi connectivity index (χ2n) is 5.93. The van der Waals surface area contributed by atoms with Crippen LogP contribution in [0.3, 0.4) is 0 Å². The number of para-hydroxylation sites is 1. The molecule has 0 radical (unpaired) electrons. The van der Waals surface area contributed by atoms with Gasteiger partial charge in [0, 0.05) is 36.7 Å². The SMILES string of the molecule is CN=C(NCCCc1c[nH]c2ccccc12)NC1CC1C.I. The number of aliphatic imine (C=N–C) groups is 1. The Morgan fingerprint density at radius 1 is 1.36 bits per heavy atom. The van der Waals surface area contributed by atoms with E-state index in [1.165, 1.54) is 22.9 Å². The molecule has 22 heavy (non-hydrogen) atoms. The van der Waals surface area contributed by atoms with E-state index in [-0.39, 0.29) is 24.0 Å². The number of hydrogen-bond acceptors (Lipinski definition) is 1. The van der Waals surface area contributed by atoms with Crippen molar-refractivity contribution in [2.45, 2.75) is 32.2 Å². The van der Waals surface area contributed by atoms with Crippen molar-refractivity contribution < 1.29 is 0 Å². The lowest BCUT2D eigenvalue weighted by Gasteiger charge is -2.11. The molecular formula is C17H25IN4. The highest BCUT2D eigenvalue weighted by atomic mass is 127. The summed E-state index contributed by atoms with van der Waals surface area (Å²) in [5.74, 6) is 1.72. The van der Waals surface area contributed by atoms with E-state index in [2.05, 4.69) is 58.0 Å². The highest BCUT2D eigenvalue weighted by Crippen LogP contribution is 2.28. The van der Waals surface area contributed by atoms with Gasteiger partial charge in [0.2, 0.25) is 0 Å². The molecule has 1 heterocycles. The van der Waals surface area contributed by atoms with E-state index >= 15 is 0 Å². The van der Waals surface area contributed by atoms with Gasteiger partial charge in [-0.15, -0.1) is 24.0 Å². The van der Waals surface area contributed by atoms with Gasteiger partial charge >= 0.3 is 0 Å². The molecule has 4 nitrogen and oxygen atoms in total. The van der Waals surface area contributed by atoms with Crippen LogP contribution in [0.4, 0.5) is 0 Å². The summed E-state index contributed by atoms with van der Waals surface area (Å²) in [4.78, 5) is 7.61. The number of aromatic amines is 1. The zero-order valence-corrected chi connectivity index (χ0v) is 15.6. The van der Waals surface area contributed by atoms with Crippen LogP contribution >= 0.6 is 24.0 Å². The molecule has 1 aromatic carbocycles. The van der Waals surface area contributed by atoms with Crippen LogP contribution in [0, 0.1) is 5.92 Å². The fourth-order valence-corrected chi connectivity index (χ4v) is 2.72. The molecule has 1 aromatic heterocycles. The Bertz CT molecular complexity index is 634. The van der Waals surface area contributed by atoms with Gasteiger partial charge in [0.1, 0.15) is 0 Å². The summed E-state index contributed by atoms with van der Waals surface area (Å²) in [6.07, 6.45) is 5.57. The predicted molar refractivity (Wildman–Crippen MR) is 104 cm³/mol. The smallest absolute Gasteiger partial charge is 0.191 e. The lowest BCUT2D eigenvalue weighted by molar-refractivity contribution is 0.728. The molecule has 3 N–H and O–H groups in total. The minimum Gasteiger partial charge on any atom is -0.361 e. The summed E-state index contributed by atoms with van der Waals surface area (Å²) in [5, 5.41) is 8.19. The molecule has 120 valence electrons. The topological polar surface area (TPSA) is 52.2 Å². The van der Waals surface area contributed by atoms with Crippen LogP contribution in [0.1, 0.15) is 25.3 Å². The van der Waals surface area contributed by atoms with Crippen LogP contribution < -0.4 is 10.6 Å². The standard InChI is InChI=1S/C17H24N4.HI/c1-12-10-16(12)21-17(18-2)19-9-5-6-13-11-20-15-8-4-3-7-14(13)15;/h3-4,7-8,11-12,16,20H,5-6,9-10H2,1-2H3,(H2,18,19,21);1H. The van der Waals surface area contributed by atoms with Gasteiger partial charge in [-0.25, -0.2) is 0 Å². The number of guanidine groups is 1. The lowest BCUT2D eigenvalue weighted by atomic mass is 10.1. The molecule has 1 aliphatic rings. The Hall–Kier alpha value is -1.24. The Balaban J connectivity index is 0.00000176. The third-order valence-corrected chi connectivity index (χ3v) is 4.25. The van der Waals surface area contributed by atoms with Crippen molar-refractivity contribution >= 4 is 40.8 Å². The number of rotatable bonds is 5. The molecule has 0 saturated heterocycles. The van der Waals surface area contributed by atoms with Gasteiger partial charge in [-0.05, 0) is 36.8 Å². The zero-order valence-electron chi connectivity index (χ0n) is 13.2. The largest absolute Gasteiger partial charge is 0.361 e. The Morgan fingerprint density at radius 3 is 2.86 bits per heavy atom. The van der Waals surface area contributed by atoms with Crippen molar-refractivity contribution in [2.24, 2.45) is 10.9 Å². The number of halogens is 1. The normalized spacial score (nSPS) is 20.5. The van der Waals surface area contributed by atoms with Gasteiger partial charge in [-0.2, -0.15) is 0 Å². The first-order chi connectivity index (χ1) is 10.3. The third-order valence-electron chi connectivity index (χ3n) is 4.25. The fraction of sp³-hybridized carbons (Fsp3) is 0.471. The third kappa shape index (κ3) is 4.15. The van der Waals surface area contributed by atoms with E-state index in [0.717, 1.165) is 31.3 Å². The summed E-state index contributed by atoms with van der Waals surface area (Å²) in [6.45, 7) is 3.21. The second kappa shape index (κ2) is 7.85. The van der Waals surface area contributed by atoms with Crippen LogP contribution in [-0.4, -0.2) is 30.6 Å². The summed E-state index contributed by atoms with van der Waals surface area (Å²) < 4.78 is 0. The monoisotopic (exact) mass is 412 g/mol. The Labute approximate surface area is 149 Å². The first kappa shape index (κ1) is 17.1. The molecule has 1 aliphatic carbocycles. The maximum absolute atomic E-state index is 4.28. The summed E-state index contributed by atoms with van der Waals surface area (Å²) in [5.41, 5.74) is 2.62. The molecule has 1 saturated carbocycles. The number of H-pyrrole nitrogens is 1. The number of nitrogens with one attached hydrogen (secondary N) is 3. The second-order valence-corrected chi connectivity index (χ2v) is 5.93. The van der Waals surface area contributed by atoms with E-state index in [1.807, 2.05) is 7.05 Å². The first-order valence-electron chi connectivity index (χ1n) is 7.80. The molecule has 3 rings (SSSR count). The van der Waals surface area contributed by atoms with Crippen molar-refractivity contribution in [3.8, 4) is 0 Å². The molecule has 2 unspecified atom stereocenters. The summed E-state index contributed by atoms with van der Waals surface area (Å²) in [6, 6.07) is 9.09. The highest BCUT2D eigenvalue weighted by molar-refractivity contribution is 14.0. The molecule has 1 fully saturated rings. The maximum atomic E-state index is 4.28. The number of hydrogen-bond donors (Lipinski definition) is 3. The van der Waals surface area contributed by atoms with Gasteiger partial charge in [-0.3, -0.25) is 4.99 Å². The molecule has 0 spiro atoms. The summed E-state index contributed by atoms with van der Waals surface area (Å²) in [7, 11) is 1.84. The number of nitrogens with zero attached hydrogens (tertiary/aromatic N) is 1. The van der Waals surface area contributed by atoms with Crippen LogP contribution in [0.2, 0.25) is 0 Å². The van der Waals surface area contributed by atoms with Crippen LogP contribution in [0.15, 0.2) is 35.5 Å². The average Bonchev–Trinajstić information content (AvgIpc) is 3.05. The number of aryl methyl sites for hydroxylation is 1. The van der Waals surface area contributed by atoms with Crippen LogP contribution in [0.25, 0.3) is 10.9 Å². The summed E-state index contributed by atoms with van der Waals surface area (Å²) >= 11 is 0. The van der Waals surface area contributed by atoms with Gasteiger partial charge in [0.15, 0.2) is 5.96 Å². The zero-order chi connectivity index (χ0) is 14.7. The van der Waals surface area contributed by atoms with E-state index in [0.29, 0.717) is 6.04 Å². The van der Waals surface area contributed by atoms with E-state index in [1.54, 1.807) is 0 Å². The number of fused-ring (bicyclic) bond motifs is 1. The van der Waals surface area contributed by atoms with Crippen molar-refractivity contribution in [3.05, 3.63) is 36.0 Å². The molecule has 0 bridgehead atoms. The van der Waals surface area contributed by atoms with Crippen molar-refractivity contribution in [3.63, 3.8) is 0 Å². The van der Waals surface area contributed by atoms with Gasteiger partial charge in [0.05, 0.1) is 0 Å². The highest BCUT2D eigenvalue weighted by Gasteiger charge is 2.33. The fourth-order valence-electron chi connectivity index (χ4n) is 2.72. The number of aromatic nitrogens is 1. The molecule has 0 amide bonds. The maximum Gasteiger partial charge on any atom is 0.191 e. The van der Waals surface area contributed by atoms with Gasteiger partial charge in [0.25, 0.3) is 0 Å². The molecule has 5 heteroatoms. The van der Waals surface area contributed by atoms with Crippen LogP contribution in [0.5, 0.6) is 0 Å². The minimum atomic E-state index is 0. The van der Waals surface area contributed by atoms with Crippen molar-refractivity contribution in [1.82, 2.24) is 15.6 Å². The van der Waals surface area contributed by atoms with E-state index in [4.69, 9.17) is 0 Å². The quantitative estimate of drug-likeness (QED) is 0.306. The first-order valence-corrected chi connectivity index (χ1v) is 7.80. The molecule has 2 atom stereocenters. The lowest BCUT2D eigenvalue weighted by Crippen LogP contribution is -2.39. The predicted octanol–water partition coefficient (Wildman–Crippen LogP) is 3.29. The van der Waals surface area contributed by atoms with Crippen LogP contribution in [-0.2, 0) is 6.42 Å². The Kier molecular flexibility index (Phi) is 6.11. The molecule has 2 aromatic rings. The molecule has 0 aliphatic heterocycles.